The van der Waals surface area contributed by atoms with Gasteiger partial charge in [0.1, 0.15) is 5.75 Å². The topological polar surface area (TPSA) is 67.4 Å². The van der Waals surface area contributed by atoms with Crippen LogP contribution < -0.4 is 15.4 Å². The molecule has 2 amide bonds. The molecule has 0 fully saturated rings. The Morgan fingerprint density at radius 1 is 1.04 bits per heavy atom. The fourth-order valence-electron chi connectivity index (χ4n) is 2.54. The van der Waals surface area contributed by atoms with Crippen LogP contribution in [0.15, 0.2) is 42.5 Å². The average Bonchev–Trinajstić information content (AvgIpc) is 2.56. The maximum atomic E-state index is 12.2. The van der Waals surface area contributed by atoms with E-state index in [2.05, 4.69) is 10.6 Å². The molecular formula is C20H24N2O3. The van der Waals surface area contributed by atoms with E-state index in [1.807, 2.05) is 64.1 Å². The van der Waals surface area contributed by atoms with Crippen LogP contribution in [0.2, 0.25) is 0 Å². The lowest BCUT2D eigenvalue weighted by Crippen LogP contribution is -2.37. The first-order valence-corrected chi connectivity index (χ1v) is 8.32. The van der Waals surface area contributed by atoms with Crippen LogP contribution in [-0.4, -0.2) is 18.4 Å². The molecule has 0 spiro atoms. The van der Waals surface area contributed by atoms with E-state index in [0.29, 0.717) is 18.0 Å². The highest BCUT2D eigenvalue weighted by Crippen LogP contribution is 2.26. The Bertz CT molecular complexity index is 771. The second-order valence-electron chi connectivity index (χ2n) is 5.99. The van der Waals surface area contributed by atoms with Gasteiger partial charge in [-0.25, -0.2) is 0 Å². The minimum atomic E-state index is -0.692. The molecular weight excluding hydrogens is 316 g/mol. The molecule has 0 aromatic heterocycles. The molecule has 2 rings (SSSR count). The number of benzene rings is 2. The van der Waals surface area contributed by atoms with E-state index < -0.39 is 11.8 Å². The molecule has 2 aromatic rings. The summed E-state index contributed by atoms with van der Waals surface area (Å²) >= 11 is 0. The zero-order chi connectivity index (χ0) is 18.4. The number of carbonyl (C=O) groups excluding carboxylic acids is 2. The van der Waals surface area contributed by atoms with Gasteiger partial charge in [0, 0.05) is 11.3 Å². The predicted molar refractivity (Wildman–Crippen MR) is 98.7 cm³/mol. The molecule has 0 aliphatic rings. The summed E-state index contributed by atoms with van der Waals surface area (Å²) in [5.74, 6) is -0.666. The lowest BCUT2D eigenvalue weighted by Gasteiger charge is -2.18. The zero-order valence-corrected chi connectivity index (χ0v) is 15.1. The predicted octanol–water partition coefficient (Wildman–Crippen LogP) is 3.52. The van der Waals surface area contributed by atoms with E-state index in [1.54, 1.807) is 6.07 Å². The number of rotatable bonds is 5. The van der Waals surface area contributed by atoms with Gasteiger partial charge in [-0.05, 0) is 51.5 Å². The molecule has 5 nitrogen and oxygen atoms in total. The SMILES string of the molecule is CCOc1ccc(C)cc1C(C)NC(=O)C(=O)Nc1cccc(C)c1. The molecule has 0 saturated carbocycles. The van der Waals surface area contributed by atoms with Crippen LogP contribution in [0.3, 0.4) is 0 Å². The van der Waals surface area contributed by atoms with Crippen molar-refractivity contribution in [2.24, 2.45) is 0 Å². The Balaban J connectivity index is 2.06. The van der Waals surface area contributed by atoms with E-state index in [4.69, 9.17) is 4.74 Å². The van der Waals surface area contributed by atoms with Crippen molar-refractivity contribution < 1.29 is 14.3 Å². The van der Waals surface area contributed by atoms with E-state index in [0.717, 1.165) is 16.7 Å². The van der Waals surface area contributed by atoms with Crippen molar-refractivity contribution in [3.8, 4) is 5.75 Å². The van der Waals surface area contributed by atoms with Crippen molar-refractivity contribution in [2.75, 3.05) is 11.9 Å². The van der Waals surface area contributed by atoms with Gasteiger partial charge in [0.25, 0.3) is 0 Å². The summed E-state index contributed by atoms with van der Waals surface area (Å²) in [5.41, 5.74) is 3.51. The first-order valence-electron chi connectivity index (χ1n) is 8.32. The van der Waals surface area contributed by atoms with E-state index >= 15 is 0 Å². The summed E-state index contributed by atoms with van der Waals surface area (Å²) in [5, 5.41) is 5.33. The quantitative estimate of drug-likeness (QED) is 0.819. The summed E-state index contributed by atoms with van der Waals surface area (Å²) < 4.78 is 5.61. The number of nitrogens with one attached hydrogen (secondary N) is 2. The number of hydrogen-bond acceptors (Lipinski definition) is 3. The average molecular weight is 340 g/mol. The van der Waals surface area contributed by atoms with Gasteiger partial charge >= 0.3 is 11.8 Å². The largest absolute Gasteiger partial charge is 0.494 e. The fraction of sp³-hybridized carbons (Fsp3) is 0.300. The van der Waals surface area contributed by atoms with Gasteiger partial charge in [-0.1, -0.05) is 29.8 Å². The normalized spacial score (nSPS) is 11.5. The summed E-state index contributed by atoms with van der Waals surface area (Å²) in [6, 6.07) is 12.7. The van der Waals surface area contributed by atoms with Crippen molar-refractivity contribution in [3.05, 3.63) is 59.2 Å². The number of carbonyl (C=O) groups is 2. The van der Waals surface area contributed by atoms with Crippen LogP contribution in [-0.2, 0) is 9.59 Å². The first-order chi connectivity index (χ1) is 11.9. The molecule has 1 unspecified atom stereocenters. The highest BCUT2D eigenvalue weighted by molar-refractivity contribution is 6.39. The number of ether oxygens (including phenoxy) is 1. The van der Waals surface area contributed by atoms with Crippen molar-refractivity contribution >= 4 is 17.5 Å². The van der Waals surface area contributed by atoms with Crippen LogP contribution >= 0.6 is 0 Å². The summed E-state index contributed by atoms with van der Waals surface area (Å²) in [6.45, 7) is 8.16. The molecule has 25 heavy (non-hydrogen) atoms. The molecule has 1 atom stereocenters. The molecule has 0 aliphatic carbocycles. The standard InChI is InChI=1S/C20H24N2O3/c1-5-25-18-10-9-14(3)12-17(18)15(4)21-19(23)20(24)22-16-8-6-7-13(2)11-16/h6-12,15H,5H2,1-4H3,(H,21,23)(H,22,24). The van der Waals surface area contributed by atoms with Crippen molar-refractivity contribution in [1.82, 2.24) is 5.32 Å². The summed E-state index contributed by atoms with van der Waals surface area (Å²) in [4.78, 5) is 24.3. The van der Waals surface area contributed by atoms with Crippen LogP contribution in [0.1, 0.15) is 36.6 Å². The molecule has 0 bridgehead atoms. The lowest BCUT2D eigenvalue weighted by molar-refractivity contribution is -0.136. The number of amides is 2. The van der Waals surface area contributed by atoms with E-state index in [1.165, 1.54) is 0 Å². The molecule has 2 N–H and O–H groups in total. The van der Waals surface area contributed by atoms with Gasteiger partial charge in [0.15, 0.2) is 0 Å². The maximum Gasteiger partial charge on any atom is 0.313 e. The zero-order valence-electron chi connectivity index (χ0n) is 15.1. The minimum absolute atomic E-state index is 0.350. The van der Waals surface area contributed by atoms with Crippen LogP contribution in [0.25, 0.3) is 0 Å². The Labute approximate surface area is 148 Å². The van der Waals surface area contributed by atoms with Gasteiger partial charge in [0.05, 0.1) is 12.6 Å². The molecule has 0 saturated heterocycles. The molecule has 0 heterocycles. The monoisotopic (exact) mass is 340 g/mol. The third kappa shape index (κ3) is 5.08. The number of aryl methyl sites for hydroxylation is 2. The highest BCUT2D eigenvalue weighted by Gasteiger charge is 2.19. The Morgan fingerprint density at radius 2 is 1.76 bits per heavy atom. The van der Waals surface area contributed by atoms with Crippen molar-refractivity contribution in [3.63, 3.8) is 0 Å². The molecule has 0 aliphatic heterocycles. The van der Waals surface area contributed by atoms with Gasteiger partial charge in [-0.2, -0.15) is 0 Å². The fourth-order valence-corrected chi connectivity index (χ4v) is 2.54. The van der Waals surface area contributed by atoms with Crippen molar-refractivity contribution in [2.45, 2.75) is 33.7 Å². The van der Waals surface area contributed by atoms with Gasteiger partial charge in [0.2, 0.25) is 0 Å². The Morgan fingerprint density at radius 3 is 2.44 bits per heavy atom. The first kappa shape index (κ1) is 18.5. The van der Waals surface area contributed by atoms with Gasteiger partial charge < -0.3 is 15.4 Å². The van der Waals surface area contributed by atoms with Gasteiger partial charge in [-0.15, -0.1) is 0 Å². The van der Waals surface area contributed by atoms with Crippen LogP contribution in [0.4, 0.5) is 5.69 Å². The molecule has 5 heteroatoms. The van der Waals surface area contributed by atoms with Crippen molar-refractivity contribution in [1.29, 1.82) is 0 Å². The molecule has 2 aromatic carbocycles. The number of hydrogen-bond donors (Lipinski definition) is 2. The minimum Gasteiger partial charge on any atom is -0.494 e. The summed E-state index contributed by atoms with van der Waals surface area (Å²) in [7, 11) is 0. The third-order valence-electron chi connectivity index (χ3n) is 3.76. The van der Waals surface area contributed by atoms with Crippen LogP contribution in [0.5, 0.6) is 5.75 Å². The molecule has 132 valence electrons. The Kier molecular flexibility index (Phi) is 6.17. The lowest BCUT2D eigenvalue weighted by atomic mass is 10.0. The second kappa shape index (κ2) is 8.33. The van der Waals surface area contributed by atoms with E-state index in [-0.39, 0.29) is 6.04 Å². The highest BCUT2D eigenvalue weighted by atomic mass is 16.5. The van der Waals surface area contributed by atoms with Crippen LogP contribution in [0, 0.1) is 13.8 Å². The Hall–Kier alpha value is -2.82. The third-order valence-corrected chi connectivity index (χ3v) is 3.76. The van der Waals surface area contributed by atoms with Gasteiger partial charge in [-0.3, -0.25) is 9.59 Å². The maximum absolute atomic E-state index is 12.2. The summed E-state index contributed by atoms with van der Waals surface area (Å²) in [6.07, 6.45) is 0. The van der Waals surface area contributed by atoms with E-state index in [9.17, 15) is 9.59 Å². The smallest absolute Gasteiger partial charge is 0.313 e. The second-order valence-corrected chi connectivity index (χ2v) is 5.99. The number of anilines is 1. The molecule has 0 radical (unpaired) electrons.